The number of amides is 2. The maximum absolute atomic E-state index is 12.4. The van der Waals surface area contributed by atoms with Crippen molar-refractivity contribution in [3.05, 3.63) is 69.0 Å². The molecule has 2 amide bonds. The molecule has 7 nitrogen and oxygen atoms in total. The van der Waals surface area contributed by atoms with Crippen LogP contribution in [-0.2, 0) is 18.3 Å². The number of carbonyl (C=O) groups is 2. The fraction of sp³-hybridized carbons (Fsp3) is 0.273. The Labute approximate surface area is 200 Å². The summed E-state index contributed by atoms with van der Waals surface area (Å²) in [7, 11) is 1.84. The molecular weight excluding hydrogens is 469 g/mol. The first-order valence-corrected chi connectivity index (χ1v) is 11.6. The third kappa shape index (κ3) is 6.03. The van der Waals surface area contributed by atoms with E-state index in [0.717, 1.165) is 16.8 Å². The molecule has 0 spiro atoms. The molecule has 0 radical (unpaired) electrons. The Bertz CT molecular complexity index is 1130. The average molecular weight is 492 g/mol. The van der Waals surface area contributed by atoms with Gasteiger partial charge in [-0.05, 0) is 43.2 Å². The molecule has 2 N–H and O–H groups in total. The zero-order valence-electron chi connectivity index (χ0n) is 17.9. The van der Waals surface area contributed by atoms with Gasteiger partial charge in [-0.25, -0.2) is 0 Å². The Morgan fingerprint density at radius 2 is 1.78 bits per heavy atom. The van der Waals surface area contributed by atoms with Crippen LogP contribution in [0, 0.1) is 13.8 Å². The van der Waals surface area contributed by atoms with Crippen LogP contribution in [0.2, 0.25) is 10.0 Å². The highest BCUT2D eigenvalue weighted by molar-refractivity contribution is 7.99. The fourth-order valence-corrected chi connectivity index (χ4v) is 4.06. The lowest BCUT2D eigenvalue weighted by Crippen LogP contribution is -2.26. The highest BCUT2D eigenvalue weighted by Crippen LogP contribution is 2.23. The Morgan fingerprint density at radius 1 is 1.06 bits per heavy atom. The molecule has 0 aliphatic heterocycles. The van der Waals surface area contributed by atoms with Gasteiger partial charge >= 0.3 is 0 Å². The fourth-order valence-electron chi connectivity index (χ4n) is 3.03. The number of nitrogens with zero attached hydrogens (tertiary/aromatic N) is 3. The summed E-state index contributed by atoms with van der Waals surface area (Å²) in [6.45, 7) is 4.30. The van der Waals surface area contributed by atoms with Crippen LogP contribution in [-0.4, -0.2) is 38.9 Å². The quantitative estimate of drug-likeness (QED) is 0.454. The van der Waals surface area contributed by atoms with Gasteiger partial charge in [0, 0.05) is 31.3 Å². The third-order valence-corrected chi connectivity index (χ3v) is 6.58. The van der Waals surface area contributed by atoms with Crippen LogP contribution in [0.1, 0.15) is 27.3 Å². The summed E-state index contributed by atoms with van der Waals surface area (Å²) in [6, 6.07) is 10.6. The van der Waals surface area contributed by atoms with Crippen LogP contribution in [0.15, 0.2) is 41.6 Å². The summed E-state index contributed by atoms with van der Waals surface area (Å²) >= 11 is 13.1. The third-order valence-electron chi connectivity index (χ3n) is 4.82. The second-order valence-corrected chi connectivity index (χ2v) is 8.95. The molecule has 0 bridgehead atoms. The van der Waals surface area contributed by atoms with Gasteiger partial charge in [0.2, 0.25) is 5.91 Å². The molecule has 1 aromatic heterocycles. The zero-order chi connectivity index (χ0) is 23.3. The van der Waals surface area contributed by atoms with Crippen molar-refractivity contribution in [2.75, 3.05) is 17.6 Å². The number of benzene rings is 2. The van der Waals surface area contributed by atoms with Gasteiger partial charge in [-0.2, -0.15) is 0 Å². The van der Waals surface area contributed by atoms with Crippen molar-refractivity contribution < 1.29 is 9.59 Å². The van der Waals surface area contributed by atoms with Gasteiger partial charge in [0.25, 0.3) is 5.91 Å². The van der Waals surface area contributed by atoms with E-state index in [2.05, 4.69) is 20.8 Å². The smallest absolute Gasteiger partial charge is 0.251 e. The average Bonchev–Trinajstić information content (AvgIpc) is 3.10. The molecule has 32 heavy (non-hydrogen) atoms. The van der Waals surface area contributed by atoms with Crippen LogP contribution < -0.4 is 10.6 Å². The number of hydrogen-bond donors (Lipinski definition) is 2. The number of carbonyl (C=O) groups excluding carboxylic acids is 2. The summed E-state index contributed by atoms with van der Waals surface area (Å²) in [5.41, 5.74) is 3.32. The van der Waals surface area contributed by atoms with E-state index < -0.39 is 0 Å². The molecule has 0 saturated carbocycles. The van der Waals surface area contributed by atoms with Gasteiger partial charge in [0.15, 0.2) is 5.16 Å². The number of aromatic nitrogens is 3. The zero-order valence-corrected chi connectivity index (χ0v) is 20.2. The lowest BCUT2D eigenvalue weighted by Gasteiger charge is -2.11. The van der Waals surface area contributed by atoms with Crippen LogP contribution in [0.4, 0.5) is 5.69 Å². The number of rotatable bonds is 8. The minimum absolute atomic E-state index is 0.106. The van der Waals surface area contributed by atoms with Crippen LogP contribution in [0.3, 0.4) is 0 Å². The summed E-state index contributed by atoms with van der Waals surface area (Å²) < 4.78 is 1.82. The Balaban J connectivity index is 1.50. The van der Waals surface area contributed by atoms with Crippen molar-refractivity contribution in [3.8, 4) is 0 Å². The largest absolute Gasteiger partial charge is 0.352 e. The van der Waals surface area contributed by atoms with E-state index in [9.17, 15) is 9.59 Å². The highest BCUT2D eigenvalue weighted by atomic mass is 35.5. The van der Waals surface area contributed by atoms with Crippen molar-refractivity contribution in [2.24, 2.45) is 7.05 Å². The van der Waals surface area contributed by atoms with Gasteiger partial charge in [-0.15, -0.1) is 10.2 Å². The topological polar surface area (TPSA) is 88.9 Å². The first kappa shape index (κ1) is 24.1. The second-order valence-electron chi connectivity index (χ2n) is 7.20. The summed E-state index contributed by atoms with van der Waals surface area (Å²) in [5, 5.41) is 15.5. The SMILES string of the molecule is Cc1cccc(C)c1NC(=O)CSc1nnc(CCNC(=O)c2ccc(Cl)c(Cl)c2)n1C. The molecule has 3 aromatic rings. The molecule has 0 atom stereocenters. The minimum Gasteiger partial charge on any atom is -0.352 e. The Hall–Kier alpha value is -2.55. The molecule has 168 valence electrons. The van der Waals surface area contributed by atoms with Gasteiger partial charge in [-0.1, -0.05) is 53.2 Å². The van der Waals surface area contributed by atoms with Crippen LogP contribution in [0.5, 0.6) is 0 Å². The first-order valence-electron chi connectivity index (χ1n) is 9.86. The summed E-state index contributed by atoms with van der Waals surface area (Å²) in [5.74, 6) is 0.569. The lowest BCUT2D eigenvalue weighted by atomic mass is 10.1. The Morgan fingerprint density at radius 3 is 2.47 bits per heavy atom. The summed E-state index contributed by atoms with van der Waals surface area (Å²) in [6.07, 6.45) is 0.492. The van der Waals surface area contributed by atoms with Crippen molar-refractivity contribution in [1.82, 2.24) is 20.1 Å². The number of thioether (sulfide) groups is 1. The predicted molar refractivity (Wildman–Crippen MR) is 129 cm³/mol. The van der Waals surface area contributed by atoms with E-state index in [4.69, 9.17) is 23.2 Å². The van der Waals surface area contributed by atoms with Crippen LogP contribution >= 0.6 is 35.0 Å². The van der Waals surface area contributed by atoms with E-state index in [-0.39, 0.29) is 17.6 Å². The van der Waals surface area contributed by atoms with E-state index >= 15 is 0 Å². The lowest BCUT2D eigenvalue weighted by molar-refractivity contribution is -0.113. The van der Waals surface area contributed by atoms with Gasteiger partial charge in [-0.3, -0.25) is 9.59 Å². The number of para-hydroxylation sites is 1. The first-order chi connectivity index (χ1) is 15.3. The van der Waals surface area contributed by atoms with E-state index in [1.165, 1.54) is 17.8 Å². The molecule has 0 saturated heterocycles. The van der Waals surface area contributed by atoms with Gasteiger partial charge in [0.05, 0.1) is 15.8 Å². The number of hydrogen-bond acceptors (Lipinski definition) is 5. The molecule has 0 unspecified atom stereocenters. The van der Waals surface area contributed by atoms with Gasteiger partial charge < -0.3 is 15.2 Å². The molecule has 10 heteroatoms. The van der Waals surface area contributed by atoms with E-state index in [1.54, 1.807) is 12.1 Å². The molecule has 0 aliphatic carbocycles. The number of nitrogens with one attached hydrogen (secondary N) is 2. The highest BCUT2D eigenvalue weighted by Gasteiger charge is 2.14. The normalized spacial score (nSPS) is 10.8. The number of halogens is 2. The molecular formula is C22H23Cl2N5O2S. The molecule has 1 heterocycles. The maximum Gasteiger partial charge on any atom is 0.251 e. The van der Waals surface area contributed by atoms with Crippen molar-refractivity contribution in [3.63, 3.8) is 0 Å². The number of anilines is 1. The Kier molecular flexibility index (Phi) is 8.17. The summed E-state index contributed by atoms with van der Waals surface area (Å²) in [4.78, 5) is 24.6. The van der Waals surface area contributed by atoms with Crippen molar-refractivity contribution in [2.45, 2.75) is 25.4 Å². The van der Waals surface area contributed by atoms with Crippen molar-refractivity contribution >= 4 is 52.5 Å². The van der Waals surface area contributed by atoms with Gasteiger partial charge in [0.1, 0.15) is 5.82 Å². The minimum atomic E-state index is -0.247. The van der Waals surface area contributed by atoms with E-state index in [0.29, 0.717) is 39.6 Å². The molecule has 3 rings (SSSR count). The maximum atomic E-state index is 12.4. The molecule has 2 aromatic carbocycles. The molecule has 0 aliphatic rings. The number of aryl methyl sites for hydroxylation is 2. The standard InChI is InChI=1S/C22H23Cl2N5O2S/c1-13-5-4-6-14(2)20(13)26-19(30)12-32-22-28-27-18(29(22)3)9-10-25-21(31)15-7-8-16(23)17(24)11-15/h4-8,11H,9-10,12H2,1-3H3,(H,25,31)(H,26,30). The molecule has 0 fully saturated rings. The van der Waals surface area contributed by atoms with Crippen molar-refractivity contribution in [1.29, 1.82) is 0 Å². The second kappa shape index (κ2) is 10.8. The monoisotopic (exact) mass is 491 g/mol. The van der Waals surface area contributed by atoms with Crippen LogP contribution in [0.25, 0.3) is 0 Å². The predicted octanol–water partition coefficient (Wildman–Crippen LogP) is 4.44. The van der Waals surface area contributed by atoms with E-state index in [1.807, 2.05) is 43.7 Å².